The Morgan fingerprint density at radius 3 is 3.05 bits per heavy atom. The van der Waals surface area contributed by atoms with Crippen LogP contribution < -0.4 is 10.2 Å². The quantitative estimate of drug-likeness (QED) is 0.705. The van der Waals surface area contributed by atoms with Crippen molar-refractivity contribution >= 4 is 11.0 Å². The normalized spacial score (nSPS) is 10.8. The number of rotatable bonds is 4. The minimum atomic E-state index is -0.278. The lowest BCUT2D eigenvalue weighted by atomic mass is 10.2. The SMILES string of the molecule is O=c1cc(-c2nn[nH]n2)oc2cccc(OCCO)c12. The first kappa shape index (κ1) is 12.3. The number of aliphatic hydroxyl groups excluding tert-OH is 1. The van der Waals surface area contributed by atoms with E-state index in [0.29, 0.717) is 16.7 Å². The summed E-state index contributed by atoms with van der Waals surface area (Å²) in [6.07, 6.45) is 0. The van der Waals surface area contributed by atoms with Crippen molar-refractivity contribution < 1.29 is 14.3 Å². The van der Waals surface area contributed by atoms with Crippen LogP contribution in [0.5, 0.6) is 5.75 Å². The number of H-pyrrole nitrogens is 1. The number of tetrazole rings is 1. The van der Waals surface area contributed by atoms with Crippen LogP contribution in [0.25, 0.3) is 22.6 Å². The maximum atomic E-state index is 12.2. The summed E-state index contributed by atoms with van der Waals surface area (Å²) < 4.78 is 10.9. The first-order valence-electron chi connectivity index (χ1n) is 5.84. The van der Waals surface area contributed by atoms with Crippen LogP contribution in [-0.2, 0) is 0 Å². The van der Waals surface area contributed by atoms with Crippen molar-refractivity contribution in [1.82, 2.24) is 20.6 Å². The topological polar surface area (TPSA) is 114 Å². The standard InChI is InChI=1S/C12H10N4O4/c17-4-5-19-8-2-1-3-9-11(8)7(18)6-10(20-9)12-13-15-16-14-12/h1-3,6,17H,4-5H2,(H,13,14,15,16). The van der Waals surface area contributed by atoms with Gasteiger partial charge in [-0.1, -0.05) is 6.07 Å². The summed E-state index contributed by atoms with van der Waals surface area (Å²) in [4.78, 5) is 12.2. The maximum Gasteiger partial charge on any atom is 0.239 e. The molecule has 0 bridgehead atoms. The van der Waals surface area contributed by atoms with E-state index in [1.807, 2.05) is 0 Å². The van der Waals surface area contributed by atoms with Gasteiger partial charge in [-0.2, -0.15) is 5.21 Å². The molecule has 0 aliphatic carbocycles. The van der Waals surface area contributed by atoms with Gasteiger partial charge >= 0.3 is 0 Å². The molecule has 0 atom stereocenters. The van der Waals surface area contributed by atoms with Gasteiger partial charge in [-0.05, 0) is 17.3 Å². The average Bonchev–Trinajstić information content (AvgIpc) is 2.98. The molecule has 1 aromatic carbocycles. The van der Waals surface area contributed by atoms with Crippen molar-refractivity contribution in [2.24, 2.45) is 0 Å². The molecule has 0 spiro atoms. The van der Waals surface area contributed by atoms with Gasteiger partial charge in [0, 0.05) is 6.07 Å². The number of aliphatic hydroxyl groups is 1. The lowest BCUT2D eigenvalue weighted by Crippen LogP contribution is -2.07. The smallest absolute Gasteiger partial charge is 0.239 e. The summed E-state index contributed by atoms with van der Waals surface area (Å²) in [6.45, 7) is -0.0339. The molecule has 20 heavy (non-hydrogen) atoms. The second kappa shape index (κ2) is 5.10. The molecule has 0 unspecified atom stereocenters. The van der Waals surface area contributed by atoms with Gasteiger partial charge in [0.2, 0.25) is 5.82 Å². The van der Waals surface area contributed by atoms with E-state index in [4.69, 9.17) is 14.3 Å². The summed E-state index contributed by atoms with van der Waals surface area (Å²) in [5.41, 5.74) is 0.0762. The van der Waals surface area contributed by atoms with E-state index >= 15 is 0 Å². The van der Waals surface area contributed by atoms with E-state index in [1.54, 1.807) is 18.2 Å². The van der Waals surface area contributed by atoms with Gasteiger partial charge < -0.3 is 14.3 Å². The van der Waals surface area contributed by atoms with E-state index in [0.717, 1.165) is 0 Å². The Balaban J connectivity index is 2.16. The molecule has 2 aromatic heterocycles. The molecular weight excluding hydrogens is 264 g/mol. The number of aromatic amines is 1. The number of benzene rings is 1. The highest BCUT2D eigenvalue weighted by Gasteiger charge is 2.13. The Kier molecular flexibility index (Phi) is 3.13. The van der Waals surface area contributed by atoms with Gasteiger partial charge in [-0.15, -0.1) is 10.2 Å². The molecule has 0 fully saturated rings. The van der Waals surface area contributed by atoms with Crippen LogP contribution >= 0.6 is 0 Å². The molecule has 8 nitrogen and oxygen atoms in total. The monoisotopic (exact) mass is 274 g/mol. The predicted octanol–water partition coefficient (Wildman–Crippen LogP) is 0.344. The average molecular weight is 274 g/mol. The lowest BCUT2D eigenvalue weighted by molar-refractivity contribution is 0.202. The van der Waals surface area contributed by atoms with Gasteiger partial charge in [-0.25, -0.2) is 0 Å². The molecule has 102 valence electrons. The highest BCUT2D eigenvalue weighted by Crippen LogP contribution is 2.25. The largest absolute Gasteiger partial charge is 0.490 e. The zero-order valence-electron chi connectivity index (χ0n) is 10.2. The molecule has 0 saturated carbocycles. The zero-order valence-corrected chi connectivity index (χ0v) is 10.2. The van der Waals surface area contributed by atoms with Gasteiger partial charge in [0.25, 0.3) is 0 Å². The van der Waals surface area contributed by atoms with Crippen LogP contribution in [0, 0.1) is 0 Å². The molecule has 8 heteroatoms. The van der Waals surface area contributed by atoms with E-state index < -0.39 is 0 Å². The third kappa shape index (κ3) is 2.12. The number of nitrogens with one attached hydrogen (secondary N) is 1. The van der Waals surface area contributed by atoms with E-state index in [1.165, 1.54) is 6.07 Å². The van der Waals surface area contributed by atoms with Crippen LogP contribution in [0.2, 0.25) is 0 Å². The van der Waals surface area contributed by atoms with Crippen LogP contribution in [0.15, 0.2) is 33.5 Å². The molecular formula is C12H10N4O4. The molecule has 0 aliphatic rings. The molecule has 0 amide bonds. The zero-order chi connectivity index (χ0) is 13.9. The van der Waals surface area contributed by atoms with Gasteiger partial charge in [-0.3, -0.25) is 4.79 Å². The first-order valence-corrected chi connectivity index (χ1v) is 5.84. The third-order valence-corrected chi connectivity index (χ3v) is 2.63. The number of ether oxygens (including phenoxy) is 1. The van der Waals surface area contributed by atoms with Crippen molar-refractivity contribution in [2.75, 3.05) is 13.2 Å². The van der Waals surface area contributed by atoms with E-state index in [2.05, 4.69) is 20.6 Å². The fourth-order valence-electron chi connectivity index (χ4n) is 1.83. The highest BCUT2D eigenvalue weighted by molar-refractivity contribution is 5.84. The summed E-state index contributed by atoms with van der Waals surface area (Å²) in [7, 11) is 0. The maximum absolute atomic E-state index is 12.2. The van der Waals surface area contributed by atoms with Crippen LogP contribution in [0.3, 0.4) is 0 Å². The Morgan fingerprint density at radius 1 is 1.40 bits per heavy atom. The molecule has 3 rings (SSSR count). The summed E-state index contributed by atoms with van der Waals surface area (Å²) in [6, 6.07) is 6.26. The van der Waals surface area contributed by atoms with Gasteiger partial charge in [0.1, 0.15) is 23.3 Å². The van der Waals surface area contributed by atoms with Crippen molar-refractivity contribution in [3.05, 3.63) is 34.5 Å². The van der Waals surface area contributed by atoms with E-state index in [-0.39, 0.29) is 30.2 Å². The third-order valence-electron chi connectivity index (χ3n) is 2.63. The number of aromatic nitrogens is 4. The number of fused-ring (bicyclic) bond motifs is 1. The van der Waals surface area contributed by atoms with Crippen LogP contribution in [0.4, 0.5) is 0 Å². The summed E-state index contributed by atoms with van der Waals surface area (Å²) in [5.74, 6) is 0.784. The fraction of sp³-hybridized carbons (Fsp3) is 0.167. The Hall–Kier alpha value is -2.74. The summed E-state index contributed by atoms with van der Waals surface area (Å²) in [5, 5.41) is 22.3. The molecule has 0 saturated heterocycles. The van der Waals surface area contributed by atoms with Crippen molar-refractivity contribution in [3.8, 4) is 17.3 Å². The predicted molar refractivity (Wildman–Crippen MR) is 68.2 cm³/mol. The molecule has 2 N–H and O–H groups in total. The second-order valence-electron chi connectivity index (χ2n) is 3.91. The van der Waals surface area contributed by atoms with Crippen molar-refractivity contribution in [2.45, 2.75) is 0 Å². The van der Waals surface area contributed by atoms with Crippen LogP contribution in [0.1, 0.15) is 0 Å². The van der Waals surface area contributed by atoms with Gasteiger partial charge in [0.05, 0.1) is 6.61 Å². The first-order chi connectivity index (χ1) is 9.79. The minimum Gasteiger partial charge on any atom is -0.490 e. The van der Waals surface area contributed by atoms with Crippen molar-refractivity contribution in [1.29, 1.82) is 0 Å². The summed E-state index contributed by atoms with van der Waals surface area (Å²) >= 11 is 0. The molecule has 0 aliphatic heterocycles. The number of nitrogens with zero attached hydrogens (tertiary/aromatic N) is 3. The van der Waals surface area contributed by atoms with E-state index in [9.17, 15) is 4.79 Å². The number of hydrogen-bond donors (Lipinski definition) is 2. The fourth-order valence-corrected chi connectivity index (χ4v) is 1.83. The lowest BCUT2D eigenvalue weighted by Gasteiger charge is -2.07. The Morgan fingerprint density at radius 2 is 2.30 bits per heavy atom. The van der Waals surface area contributed by atoms with Crippen molar-refractivity contribution in [3.63, 3.8) is 0 Å². The molecule has 0 radical (unpaired) electrons. The Bertz CT molecular complexity index is 782. The van der Waals surface area contributed by atoms with Crippen LogP contribution in [-0.4, -0.2) is 38.9 Å². The minimum absolute atomic E-state index is 0.102. The highest BCUT2D eigenvalue weighted by atomic mass is 16.5. The van der Waals surface area contributed by atoms with Gasteiger partial charge in [0.15, 0.2) is 11.2 Å². The Labute approximate surface area is 112 Å². The molecule has 2 heterocycles. The second-order valence-corrected chi connectivity index (χ2v) is 3.91. The molecule has 3 aromatic rings. The number of hydrogen-bond acceptors (Lipinski definition) is 7.